The van der Waals surface area contributed by atoms with Crippen LogP contribution in [0.25, 0.3) is 0 Å². The molecule has 2 heterocycles. The quantitative estimate of drug-likeness (QED) is 0.767. The minimum absolute atomic E-state index is 0.710. The lowest BCUT2D eigenvalue weighted by Crippen LogP contribution is -2.53. The molecule has 0 atom stereocenters. The summed E-state index contributed by atoms with van der Waals surface area (Å²) in [4.78, 5) is 5.25. The molecule has 0 amide bonds. The molecule has 2 saturated heterocycles. The molecule has 0 bridgehead atoms. The highest BCUT2D eigenvalue weighted by Gasteiger charge is 2.25. The summed E-state index contributed by atoms with van der Waals surface area (Å²) in [6.45, 7) is 19.5. The molecule has 0 aromatic rings. The fraction of sp³-hybridized carbons (Fsp3) is 1.00. The highest BCUT2D eigenvalue weighted by molar-refractivity contribution is 4.81. The number of hydrogen-bond donors (Lipinski definition) is 0. The molecule has 116 valence electrons. The lowest BCUT2D eigenvalue weighted by molar-refractivity contribution is 0.00904. The Morgan fingerprint density at radius 2 is 1.32 bits per heavy atom. The number of nitrogens with zero attached hydrogens (tertiary/aromatic N) is 2. The van der Waals surface area contributed by atoms with E-state index in [4.69, 9.17) is 4.74 Å². The molecule has 0 aromatic heterocycles. The first-order valence-corrected chi connectivity index (χ1v) is 8.33. The van der Waals surface area contributed by atoms with Crippen molar-refractivity contribution < 1.29 is 4.74 Å². The minimum Gasteiger partial charge on any atom is -0.381 e. The first-order valence-electron chi connectivity index (χ1n) is 8.33. The molecular weight excluding hydrogens is 236 g/mol. The maximum Gasteiger partial charge on any atom is 0.0480 e. The summed E-state index contributed by atoms with van der Waals surface area (Å²) in [6.07, 6.45) is 2.48. The van der Waals surface area contributed by atoms with Crippen molar-refractivity contribution in [2.45, 2.75) is 66.5 Å². The van der Waals surface area contributed by atoms with Crippen LogP contribution in [-0.4, -0.2) is 61.3 Å². The third-order valence-corrected chi connectivity index (χ3v) is 3.79. The van der Waals surface area contributed by atoms with Crippen LogP contribution in [0.5, 0.6) is 0 Å². The van der Waals surface area contributed by atoms with Crippen molar-refractivity contribution in [2.24, 2.45) is 0 Å². The lowest BCUT2D eigenvalue weighted by Gasteiger charge is -2.41. The van der Waals surface area contributed by atoms with Gasteiger partial charge in [-0.2, -0.15) is 0 Å². The maximum atomic E-state index is 5.41. The molecule has 2 fully saturated rings. The van der Waals surface area contributed by atoms with E-state index in [2.05, 4.69) is 23.6 Å². The van der Waals surface area contributed by atoms with Crippen molar-refractivity contribution in [1.82, 2.24) is 9.80 Å². The van der Waals surface area contributed by atoms with Gasteiger partial charge in [-0.1, -0.05) is 27.7 Å². The smallest absolute Gasteiger partial charge is 0.0480 e. The summed E-state index contributed by atoms with van der Waals surface area (Å²) >= 11 is 0. The Morgan fingerprint density at radius 1 is 0.842 bits per heavy atom. The predicted molar refractivity (Wildman–Crippen MR) is 84.8 cm³/mol. The molecule has 0 aliphatic carbocycles. The van der Waals surface area contributed by atoms with Crippen molar-refractivity contribution in [3.05, 3.63) is 0 Å². The van der Waals surface area contributed by atoms with Crippen LogP contribution in [0.15, 0.2) is 0 Å². The molecule has 0 spiro atoms. The molecule has 0 N–H and O–H groups in total. The van der Waals surface area contributed by atoms with Gasteiger partial charge >= 0.3 is 0 Å². The molecular formula is C16H36N2O. The van der Waals surface area contributed by atoms with Gasteiger partial charge in [-0.15, -0.1) is 0 Å². The van der Waals surface area contributed by atoms with Gasteiger partial charge in [0.15, 0.2) is 0 Å². The summed E-state index contributed by atoms with van der Waals surface area (Å²) in [7, 11) is 0. The minimum atomic E-state index is 0.710. The topological polar surface area (TPSA) is 15.7 Å². The normalized spacial score (nSPS) is 22.3. The van der Waals surface area contributed by atoms with Gasteiger partial charge in [0.05, 0.1) is 0 Å². The molecule has 2 aliphatic rings. The van der Waals surface area contributed by atoms with Gasteiger partial charge in [0.25, 0.3) is 0 Å². The first-order chi connectivity index (χ1) is 9.27. The van der Waals surface area contributed by atoms with E-state index in [9.17, 15) is 0 Å². The fourth-order valence-electron chi connectivity index (χ4n) is 2.67. The lowest BCUT2D eigenvalue weighted by atomic mass is 10.1. The van der Waals surface area contributed by atoms with Crippen molar-refractivity contribution in [1.29, 1.82) is 0 Å². The highest BCUT2D eigenvalue weighted by Crippen LogP contribution is 2.17. The van der Waals surface area contributed by atoms with Crippen molar-refractivity contribution in [3.63, 3.8) is 0 Å². The van der Waals surface area contributed by atoms with E-state index < -0.39 is 0 Å². The molecule has 2 aliphatic heterocycles. The summed E-state index contributed by atoms with van der Waals surface area (Å²) in [5, 5.41) is 0. The Morgan fingerprint density at radius 3 is 1.74 bits per heavy atom. The van der Waals surface area contributed by atoms with E-state index in [-0.39, 0.29) is 0 Å². The van der Waals surface area contributed by atoms with Crippen LogP contribution >= 0.6 is 0 Å². The number of rotatable bonds is 2. The summed E-state index contributed by atoms with van der Waals surface area (Å²) in [5.74, 6) is 0. The van der Waals surface area contributed by atoms with Gasteiger partial charge in [0.1, 0.15) is 0 Å². The van der Waals surface area contributed by atoms with Gasteiger partial charge in [0.2, 0.25) is 0 Å². The first kappa shape index (κ1) is 18.9. The highest BCUT2D eigenvalue weighted by atomic mass is 16.5. The van der Waals surface area contributed by atoms with Crippen LogP contribution in [0.3, 0.4) is 0 Å². The summed E-state index contributed by atoms with van der Waals surface area (Å²) < 4.78 is 5.41. The van der Waals surface area contributed by atoms with E-state index in [1.807, 2.05) is 27.7 Å². The average molecular weight is 272 g/mol. The van der Waals surface area contributed by atoms with Crippen LogP contribution in [0.2, 0.25) is 0 Å². The van der Waals surface area contributed by atoms with Gasteiger partial charge < -0.3 is 4.74 Å². The number of ether oxygens (including phenoxy) is 1. The number of hydrogen-bond acceptors (Lipinski definition) is 3. The summed E-state index contributed by atoms with van der Waals surface area (Å²) in [6, 6.07) is 1.51. The van der Waals surface area contributed by atoms with Gasteiger partial charge in [0, 0.05) is 51.5 Å². The van der Waals surface area contributed by atoms with E-state index in [0.717, 1.165) is 19.3 Å². The van der Waals surface area contributed by atoms with Crippen LogP contribution in [0, 0.1) is 0 Å². The third kappa shape index (κ3) is 6.73. The maximum absolute atomic E-state index is 5.41. The van der Waals surface area contributed by atoms with Crippen molar-refractivity contribution >= 4 is 0 Å². The zero-order valence-corrected chi connectivity index (χ0v) is 14.1. The Kier molecular flexibility index (Phi) is 11.6. The van der Waals surface area contributed by atoms with E-state index in [0.29, 0.717) is 6.04 Å². The van der Waals surface area contributed by atoms with E-state index in [1.165, 1.54) is 39.0 Å². The predicted octanol–water partition coefficient (Wildman–Crippen LogP) is 3.24. The molecule has 19 heavy (non-hydrogen) atoms. The van der Waals surface area contributed by atoms with Crippen LogP contribution in [0.1, 0.15) is 54.4 Å². The Bertz CT molecular complexity index is 183. The summed E-state index contributed by atoms with van der Waals surface area (Å²) in [5.41, 5.74) is 0. The van der Waals surface area contributed by atoms with Gasteiger partial charge in [-0.05, 0) is 26.7 Å². The van der Waals surface area contributed by atoms with Crippen LogP contribution in [-0.2, 0) is 4.74 Å². The molecule has 0 saturated carbocycles. The Hall–Kier alpha value is -0.120. The second kappa shape index (κ2) is 11.7. The second-order valence-electron chi connectivity index (χ2n) is 5.01. The fourth-order valence-corrected chi connectivity index (χ4v) is 2.67. The Balaban J connectivity index is 0.000000741. The second-order valence-corrected chi connectivity index (χ2v) is 5.01. The Labute approximate surface area is 121 Å². The van der Waals surface area contributed by atoms with Crippen LogP contribution < -0.4 is 0 Å². The molecule has 3 nitrogen and oxygen atoms in total. The average Bonchev–Trinajstić information content (AvgIpc) is 2.52. The third-order valence-electron chi connectivity index (χ3n) is 3.79. The SMILES string of the molecule is CC.CC.CC(C)N1CCN(C2CCOCC2)CC1. The van der Waals surface area contributed by atoms with Crippen molar-refractivity contribution in [2.75, 3.05) is 39.4 Å². The monoisotopic (exact) mass is 272 g/mol. The van der Waals surface area contributed by atoms with Gasteiger partial charge in [-0.3, -0.25) is 9.80 Å². The molecule has 0 aromatic carbocycles. The largest absolute Gasteiger partial charge is 0.381 e. The molecule has 0 unspecified atom stereocenters. The zero-order valence-electron chi connectivity index (χ0n) is 14.1. The molecule has 0 radical (unpaired) electrons. The molecule has 2 rings (SSSR count). The van der Waals surface area contributed by atoms with Crippen LogP contribution in [0.4, 0.5) is 0 Å². The van der Waals surface area contributed by atoms with E-state index in [1.54, 1.807) is 0 Å². The number of piperazine rings is 1. The standard InChI is InChI=1S/C12H24N2O.2C2H6/c1-11(2)13-5-7-14(8-6-13)12-3-9-15-10-4-12;2*1-2/h11-12H,3-10H2,1-2H3;2*1-2H3. The zero-order chi connectivity index (χ0) is 14.7. The van der Waals surface area contributed by atoms with Crippen molar-refractivity contribution in [3.8, 4) is 0 Å². The van der Waals surface area contributed by atoms with Gasteiger partial charge in [-0.25, -0.2) is 0 Å². The molecule has 3 heteroatoms. The van der Waals surface area contributed by atoms with E-state index >= 15 is 0 Å².